The van der Waals surface area contributed by atoms with E-state index in [9.17, 15) is 0 Å². The molecule has 3 heterocycles. The van der Waals surface area contributed by atoms with Crippen molar-refractivity contribution in [2.45, 2.75) is 19.8 Å². The Balaban J connectivity index is 1.77. The van der Waals surface area contributed by atoms with E-state index in [2.05, 4.69) is 57.9 Å². The van der Waals surface area contributed by atoms with Crippen molar-refractivity contribution in [2.24, 2.45) is 5.92 Å². The zero-order valence-electron chi connectivity index (χ0n) is 16.4. The number of piperidine rings is 1. The second-order valence-corrected chi connectivity index (χ2v) is 8.28. The molecule has 0 unspecified atom stereocenters. The highest BCUT2D eigenvalue weighted by Crippen LogP contribution is 2.38. The smallest absolute Gasteiger partial charge is 0.150 e. The monoisotopic (exact) mass is 402 g/mol. The van der Waals surface area contributed by atoms with Crippen LogP contribution in [0.4, 0.5) is 5.82 Å². The highest BCUT2D eigenvalue weighted by molar-refractivity contribution is 6.30. The fourth-order valence-corrected chi connectivity index (χ4v) is 4.51. The predicted octanol–water partition coefficient (Wildman–Crippen LogP) is 5.98. The summed E-state index contributed by atoms with van der Waals surface area (Å²) >= 11 is 6.28. The summed E-state index contributed by atoms with van der Waals surface area (Å²) < 4.78 is 2.13. The zero-order valence-corrected chi connectivity index (χ0v) is 17.2. The molecule has 5 heteroatoms. The molecule has 0 radical (unpaired) electrons. The summed E-state index contributed by atoms with van der Waals surface area (Å²) in [4.78, 5) is 11.9. The van der Waals surface area contributed by atoms with Crippen LogP contribution in [0.25, 0.3) is 27.8 Å². The summed E-state index contributed by atoms with van der Waals surface area (Å²) in [5.74, 6) is 1.70. The van der Waals surface area contributed by atoms with E-state index in [-0.39, 0.29) is 0 Å². The Morgan fingerprint density at radius 1 is 1.03 bits per heavy atom. The number of rotatable bonds is 3. The van der Waals surface area contributed by atoms with Crippen molar-refractivity contribution in [3.8, 4) is 16.8 Å². The Kier molecular flexibility index (Phi) is 4.72. The van der Waals surface area contributed by atoms with Crippen molar-refractivity contribution in [2.75, 3.05) is 18.0 Å². The van der Waals surface area contributed by atoms with Gasteiger partial charge in [-0.15, -0.1) is 0 Å². The van der Waals surface area contributed by atoms with Crippen LogP contribution in [0.3, 0.4) is 0 Å². The molecule has 4 nitrogen and oxygen atoms in total. The van der Waals surface area contributed by atoms with Crippen LogP contribution >= 0.6 is 11.6 Å². The third kappa shape index (κ3) is 3.38. The molecule has 0 spiro atoms. The number of hydrogen-bond acceptors (Lipinski definition) is 3. The maximum atomic E-state index is 6.28. The third-order valence-corrected chi connectivity index (χ3v) is 5.93. The Labute approximate surface area is 175 Å². The third-order valence-electron chi connectivity index (χ3n) is 5.69. The summed E-state index contributed by atoms with van der Waals surface area (Å²) in [5, 5.41) is 1.82. The SMILES string of the molecule is C[C@@H]1CCCN(c2ncnc3c2c(-c2ccccc2)cn3-c2cccc(Cl)c2)C1. The van der Waals surface area contributed by atoms with Gasteiger partial charge in [0, 0.05) is 35.6 Å². The first kappa shape index (κ1) is 18.2. The van der Waals surface area contributed by atoms with E-state index < -0.39 is 0 Å². The van der Waals surface area contributed by atoms with Crippen LogP contribution in [-0.4, -0.2) is 27.6 Å². The molecule has 0 aliphatic carbocycles. The van der Waals surface area contributed by atoms with Gasteiger partial charge in [0.05, 0.1) is 5.39 Å². The molecule has 1 saturated heterocycles. The van der Waals surface area contributed by atoms with Gasteiger partial charge < -0.3 is 9.47 Å². The molecular formula is C24H23ClN4. The molecule has 4 aromatic rings. The van der Waals surface area contributed by atoms with Gasteiger partial charge in [0.2, 0.25) is 0 Å². The summed E-state index contributed by atoms with van der Waals surface area (Å²) in [6, 6.07) is 18.4. The topological polar surface area (TPSA) is 34.0 Å². The minimum absolute atomic E-state index is 0.670. The molecular weight excluding hydrogens is 380 g/mol. The molecule has 1 fully saturated rings. The van der Waals surface area contributed by atoms with Crippen LogP contribution in [0.1, 0.15) is 19.8 Å². The van der Waals surface area contributed by atoms with Gasteiger partial charge in [-0.2, -0.15) is 0 Å². The van der Waals surface area contributed by atoms with Gasteiger partial charge in [0.25, 0.3) is 0 Å². The van der Waals surface area contributed by atoms with Gasteiger partial charge in [-0.3, -0.25) is 0 Å². The number of hydrogen-bond donors (Lipinski definition) is 0. The Hall–Kier alpha value is -2.85. The van der Waals surface area contributed by atoms with E-state index in [1.54, 1.807) is 6.33 Å². The number of anilines is 1. The second kappa shape index (κ2) is 7.53. The van der Waals surface area contributed by atoms with Crippen molar-refractivity contribution in [1.29, 1.82) is 0 Å². The number of nitrogens with zero attached hydrogens (tertiary/aromatic N) is 4. The van der Waals surface area contributed by atoms with Crippen LogP contribution in [0.15, 0.2) is 67.1 Å². The minimum Gasteiger partial charge on any atom is -0.356 e. The molecule has 1 aliphatic rings. The molecule has 0 saturated carbocycles. The average Bonchev–Trinajstić information content (AvgIpc) is 3.14. The van der Waals surface area contributed by atoms with E-state index in [0.717, 1.165) is 41.2 Å². The largest absolute Gasteiger partial charge is 0.356 e. The van der Waals surface area contributed by atoms with E-state index in [1.165, 1.54) is 18.4 Å². The molecule has 0 bridgehead atoms. The Bertz CT molecular complexity index is 1150. The minimum atomic E-state index is 0.670. The summed E-state index contributed by atoms with van der Waals surface area (Å²) in [6.07, 6.45) is 6.33. The summed E-state index contributed by atoms with van der Waals surface area (Å²) in [5.41, 5.74) is 4.23. The normalized spacial score (nSPS) is 17.0. The highest BCUT2D eigenvalue weighted by atomic mass is 35.5. The van der Waals surface area contributed by atoms with Gasteiger partial charge >= 0.3 is 0 Å². The Morgan fingerprint density at radius 3 is 2.69 bits per heavy atom. The van der Waals surface area contributed by atoms with Crippen molar-refractivity contribution in [1.82, 2.24) is 14.5 Å². The summed E-state index contributed by atoms with van der Waals surface area (Å²) in [6.45, 7) is 4.38. The van der Waals surface area contributed by atoms with Gasteiger partial charge in [-0.25, -0.2) is 9.97 Å². The first-order chi connectivity index (χ1) is 14.2. The van der Waals surface area contributed by atoms with Crippen LogP contribution in [-0.2, 0) is 0 Å². The van der Waals surface area contributed by atoms with Crippen LogP contribution in [0.2, 0.25) is 5.02 Å². The van der Waals surface area contributed by atoms with E-state index >= 15 is 0 Å². The molecule has 29 heavy (non-hydrogen) atoms. The van der Waals surface area contributed by atoms with E-state index in [0.29, 0.717) is 10.9 Å². The lowest BCUT2D eigenvalue weighted by Crippen LogP contribution is -2.35. The number of halogens is 1. The fourth-order valence-electron chi connectivity index (χ4n) is 4.33. The first-order valence-electron chi connectivity index (χ1n) is 10.1. The molecule has 0 N–H and O–H groups in total. The summed E-state index contributed by atoms with van der Waals surface area (Å²) in [7, 11) is 0. The van der Waals surface area contributed by atoms with Gasteiger partial charge in [-0.05, 0) is 42.5 Å². The van der Waals surface area contributed by atoms with Crippen LogP contribution in [0, 0.1) is 5.92 Å². The molecule has 146 valence electrons. The van der Waals surface area contributed by atoms with Crippen molar-refractivity contribution in [3.05, 3.63) is 72.1 Å². The molecule has 1 atom stereocenters. The quantitative estimate of drug-likeness (QED) is 0.423. The van der Waals surface area contributed by atoms with Gasteiger partial charge in [-0.1, -0.05) is 54.9 Å². The molecule has 5 rings (SSSR count). The number of aromatic nitrogens is 3. The Morgan fingerprint density at radius 2 is 1.90 bits per heavy atom. The molecule has 2 aromatic carbocycles. The number of benzene rings is 2. The molecule has 0 amide bonds. The van der Waals surface area contributed by atoms with Crippen molar-refractivity contribution >= 4 is 28.5 Å². The lowest BCUT2D eigenvalue weighted by Gasteiger charge is -2.32. The van der Waals surface area contributed by atoms with E-state index in [1.807, 2.05) is 24.3 Å². The zero-order chi connectivity index (χ0) is 19.8. The average molecular weight is 403 g/mol. The molecule has 2 aromatic heterocycles. The maximum Gasteiger partial charge on any atom is 0.150 e. The van der Waals surface area contributed by atoms with Crippen LogP contribution < -0.4 is 4.90 Å². The lowest BCUT2D eigenvalue weighted by atomic mass is 9.99. The standard InChI is InChI=1S/C24H23ClN4/c1-17-7-6-12-28(14-17)23-22-21(18-8-3-2-4-9-18)15-29(24(22)27-16-26-23)20-11-5-10-19(25)13-20/h2-5,8-11,13,15-17H,6-7,12,14H2,1H3/t17-/m1/s1. The fraction of sp³-hybridized carbons (Fsp3) is 0.250. The second-order valence-electron chi connectivity index (χ2n) is 7.85. The highest BCUT2D eigenvalue weighted by Gasteiger charge is 2.24. The van der Waals surface area contributed by atoms with Crippen molar-refractivity contribution in [3.63, 3.8) is 0 Å². The van der Waals surface area contributed by atoms with Crippen LogP contribution in [0.5, 0.6) is 0 Å². The van der Waals surface area contributed by atoms with Gasteiger partial charge in [0.15, 0.2) is 5.65 Å². The van der Waals surface area contributed by atoms with Crippen molar-refractivity contribution < 1.29 is 0 Å². The predicted molar refractivity (Wildman–Crippen MR) is 120 cm³/mol. The van der Waals surface area contributed by atoms with Gasteiger partial charge in [0.1, 0.15) is 12.1 Å². The molecule has 1 aliphatic heterocycles. The number of fused-ring (bicyclic) bond motifs is 1. The lowest BCUT2D eigenvalue weighted by molar-refractivity contribution is 0.445. The first-order valence-corrected chi connectivity index (χ1v) is 10.5. The maximum absolute atomic E-state index is 6.28. The van der Waals surface area contributed by atoms with E-state index in [4.69, 9.17) is 16.6 Å².